The van der Waals surface area contributed by atoms with Gasteiger partial charge >= 0.3 is 7.60 Å². The average molecular weight is 149 g/mol. The van der Waals surface area contributed by atoms with Crippen molar-refractivity contribution >= 4 is 7.60 Å². The average Bonchev–Trinajstić information content (AvgIpc) is 1.63. The summed E-state index contributed by atoms with van der Waals surface area (Å²) in [7, 11) is -3.91. The van der Waals surface area contributed by atoms with Gasteiger partial charge in [0.25, 0.3) is 0 Å². The SMILES string of the molecule is CC/C=C/[CH]P(=O)(O)O. The van der Waals surface area contributed by atoms with Crippen LogP contribution in [0, 0.1) is 6.16 Å². The minimum atomic E-state index is -3.91. The van der Waals surface area contributed by atoms with Gasteiger partial charge in [0.2, 0.25) is 0 Å². The predicted molar refractivity (Wildman–Crippen MR) is 35.8 cm³/mol. The number of hydrogen-bond acceptors (Lipinski definition) is 1. The second kappa shape index (κ2) is 3.83. The smallest absolute Gasteiger partial charge is 0.324 e. The molecular weight excluding hydrogens is 139 g/mol. The van der Waals surface area contributed by atoms with Crippen LogP contribution in [0.3, 0.4) is 0 Å². The van der Waals surface area contributed by atoms with Crippen LogP contribution in [-0.4, -0.2) is 9.79 Å². The van der Waals surface area contributed by atoms with Gasteiger partial charge in [0.1, 0.15) is 0 Å². The van der Waals surface area contributed by atoms with Gasteiger partial charge in [-0.05, 0) is 6.42 Å². The Morgan fingerprint density at radius 1 is 1.56 bits per heavy atom. The van der Waals surface area contributed by atoms with Gasteiger partial charge in [-0.2, -0.15) is 0 Å². The highest BCUT2D eigenvalue weighted by atomic mass is 31.2. The summed E-state index contributed by atoms with van der Waals surface area (Å²) in [6.07, 6.45) is 4.73. The molecule has 0 aromatic heterocycles. The second-order valence-corrected chi connectivity index (χ2v) is 3.05. The first-order valence-electron chi connectivity index (χ1n) is 2.62. The lowest BCUT2D eigenvalue weighted by molar-refractivity contribution is 0.382. The Hall–Kier alpha value is -0.110. The topological polar surface area (TPSA) is 57.5 Å². The van der Waals surface area contributed by atoms with Gasteiger partial charge in [-0.1, -0.05) is 19.1 Å². The molecule has 0 aromatic rings. The van der Waals surface area contributed by atoms with Gasteiger partial charge in [0.15, 0.2) is 0 Å². The first-order chi connectivity index (χ1) is 4.06. The third-order valence-corrected chi connectivity index (χ3v) is 1.21. The summed E-state index contributed by atoms with van der Waals surface area (Å²) in [6.45, 7) is 1.89. The fourth-order valence-electron chi connectivity index (χ4n) is 0.309. The largest absolute Gasteiger partial charge is 0.333 e. The van der Waals surface area contributed by atoms with Crippen molar-refractivity contribution in [1.29, 1.82) is 0 Å². The molecule has 0 saturated carbocycles. The van der Waals surface area contributed by atoms with Gasteiger partial charge in [0.05, 0.1) is 6.16 Å². The quantitative estimate of drug-likeness (QED) is 0.594. The highest BCUT2D eigenvalue weighted by Gasteiger charge is 2.08. The van der Waals surface area contributed by atoms with E-state index >= 15 is 0 Å². The van der Waals surface area contributed by atoms with Crippen LogP contribution in [0.4, 0.5) is 0 Å². The monoisotopic (exact) mass is 149 g/mol. The summed E-state index contributed by atoms with van der Waals surface area (Å²) < 4.78 is 10.1. The molecular formula is C5H10O3P. The summed E-state index contributed by atoms with van der Waals surface area (Å²) in [5, 5.41) is 0. The molecule has 0 bridgehead atoms. The first-order valence-corrected chi connectivity index (χ1v) is 4.30. The fourth-order valence-corrected chi connectivity index (χ4v) is 0.655. The van der Waals surface area contributed by atoms with E-state index in [1.165, 1.54) is 6.08 Å². The van der Waals surface area contributed by atoms with E-state index in [4.69, 9.17) is 9.79 Å². The number of hydrogen-bond donors (Lipinski definition) is 2. The van der Waals surface area contributed by atoms with Crippen LogP contribution < -0.4 is 0 Å². The molecule has 0 aromatic carbocycles. The van der Waals surface area contributed by atoms with Crippen molar-refractivity contribution in [3.05, 3.63) is 18.3 Å². The molecule has 0 atom stereocenters. The van der Waals surface area contributed by atoms with Gasteiger partial charge in [0, 0.05) is 0 Å². The third kappa shape index (κ3) is 7.89. The van der Waals surface area contributed by atoms with Gasteiger partial charge in [-0.3, -0.25) is 4.57 Å². The Labute approximate surface area is 54.6 Å². The van der Waals surface area contributed by atoms with Gasteiger partial charge < -0.3 is 9.79 Å². The summed E-state index contributed by atoms with van der Waals surface area (Å²) in [4.78, 5) is 16.5. The Morgan fingerprint density at radius 3 is 2.44 bits per heavy atom. The summed E-state index contributed by atoms with van der Waals surface area (Å²) in [5.41, 5.74) is 0. The van der Waals surface area contributed by atoms with Crippen LogP contribution >= 0.6 is 7.60 Å². The summed E-state index contributed by atoms with van der Waals surface area (Å²) >= 11 is 0. The molecule has 0 aliphatic rings. The maximum absolute atomic E-state index is 10.1. The van der Waals surface area contributed by atoms with Crippen molar-refractivity contribution in [1.82, 2.24) is 0 Å². The molecule has 0 rings (SSSR count). The molecule has 0 amide bonds. The molecule has 0 fully saturated rings. The van der Waals surface area contributed by atoms with Crippen LogP contribution in [0.1, 0.15) is 13.3 Å². The molecule has 0 heterocycles. The zero-order chi connectivity index (χ0) is 7.33. The Morgan fingerprint density at radius 2 is 2.11 bits per heavy atom. The van der Waals surface area contributed by atoms with E-state index in [9.17, 15) is 4.57 Å². The van der Waals surface area contributed by atoms with E-state index in [2.05, 4.69) is 0 Å². The van der Waals surface area contributed by atoms with Crippen LogP contribution in [0.2, 0.25) is 0 Å². The van der Waals surface area contributed by atoms with E-state index in [1.54, 1.807) is 6.08 Å². The highest BCUT2D eigenvalue weighted by molar-refractivity contribution is 7.54. The van der Waals surface area contributed by atoms with Gasteiger partial charge in [-0.15, -0.1) is 0 Å². The van der Waals surface area contributed by atoms with Crippen molar-refractivity contribution in [3.63, 3.8) is 0 Å². The van der Waals surface area contributed by atoms with Crippen molar-refractivity contribution in [3.8, 4) is 0 Å². The van der Waals surface area contributed by atoms with E-state index < -0.39 is 7.60 Å². The maximum Gasteiger partial charge on any atom is 0.333 e. The maximum atomic E-state index is 10.1. The molecule has 2 N–H and O–H groups in total. The van der Waals surface area contributed by atoms with E-state index in [-0.39, 0.29) is 0 Å². The lowest BCUT2D eigenvalue weighted by Crippen LogP contribution is -1.73. The van der Waals surface area contributed by atoms with Crippen molar-refractivity contribution in [2.45, 2.75) is 13.3 Å². The van der Waals surface area contributed by atoms with Crippen LogP contribution in [0.5, 0.6) is 0 Å². The molecule has 1 radical (unpaired) electrons. The fraction of sp³-hybridized carbons (Fsp3) is 0.400. The molecule has 4 heteroatoms. The van der Waals surface area contributed by atoms with E-state index in [0.717, 1.165) is 12.6 Å². The van der Waals surface area contributed by atoms with Crippen LogP contribution in [0.15, 0.2) is 12.2 Å². The van der Waals surface area contributed by atoms with E-state index in [1.807, 2.05) is 6.92 Å². The molecule has 9 heavy (non-hydrogen) atoms. The lowest BCUT2D eigenvalue weighted by atomic mass is 10.4. The Balaban J connectivity index is 3.51. The molecule has 0 aliphatic carbocycles. The van der Waals surface area contributed by atoms with Crippen molar-refractivity contribution < 1.29 is 14.4 Å². The number of rotatable bonds is 3. The highest BCUT2D eigenvalue weighted by Crippen LogP contribution is 2.38. The first kappa shape index (κ1) is 8.89. The van der Waals surface area contributed by atoms with Crippen molar-refractivity contribution in [2.75, 3.05) is 0 Å². The predicted octanol–water partition coefficient (Wildman–Crippen LogP) is 1.29. The molecule has 0 aliphatic heterocycles. The van der Waals surface area contributed by atoms with Gasteiger partial charge in [-0.25, -0.2) is 0 Å². The Kier molecular flexibility index (Phi) is 3.78. The molecule has 0 saturated heterocycles. The van der Waals surface area contributed by atoms with E-state index in [0.29, 0.717) is 0 Å². The standard InChI is InChI=1S/C5H10O3P/c1-2-3-4-5-9(6,7)8/h3-5H,2H2,1H3,(H2,6,7,8)/b4-3+. The second-order valence-electron chi connectivity index (χ2n) is 1.57. The normalized spacial score (nSPS) is 12.8. The molecule has 0 spiro atoms. The zero-order valence-electron chi connectivity index (χ0n) is 5.19. The minimum absolute atomic E-state index is 0.788. The molecule has 0 unspecified atom stereocenters. The summed E-state index contributed by atoms with van der Waals surface area (Å²) in [6, 6.07) is 0. The Bertz CT molecular complexity index is 135. The summed E-state index contributed by atoms with van der Waals surface area (Å²) in [5.74, 6) is 0. The zero-order valence-corrected chi connectivity index (χ0v) is 6.08. The van der Waals surface area contributed by atoms with Crippen LogP contribution in [-0.2, 0) is 4.57 Å². The molecule has 53 valence electrons. The van der Waals surface area contributed by atoms with Crippen LogP contribution in [0.25, 0.3) is 0 Å². The molecule has 3 nitrogen and oxygen atoms in total. The van der Waals surface area contributed by atoms with Crippen molar-refractivity contribution in [2.24, 2.45) is 0 Å². The minimum Gasteiger partial charge on any atom is -0.324 e. The number of allylic oxidation sites excluding steroid dienone is 2. The lowest BCUT2D eigenvalue weighted by Gasteiger charge is -1.94. The third-order valence-electron chi connectivity index (χ3n) is 0.652.